The van der Waals surface area contributed by atoms with Gasteiger partial charge in [-0.15, -0.1) is 11.8 Å². The third kappa shape index (κ3) is 2.71. The lowest BCUT2D eigenvalue weighted by atomic mass is 9.85. The van der Waals surface area contributed by atoms with Crippen LogP contribution in [0, 0.1) is 5.92 Å². The number of Topliss-reactive ketones (excluding diaryl/α,β-unsaturated/α-hetero) is 1. The molecule has 0 aromatic heterocycles. The molecule has 100 valence electrons. The van der Waals surface area contributed by atoms with Crippen LogP contribution < -0.4 is 0 Å². The molecule has 0 radical (unpaired) electrons. The summed E-state index contributed by atoms with van der Waals surface area (Å²) >= 11 is 1.49. The summed E-state index contributed by atoms with van der Waals surface area (Å²) in [5.74, 6) is -2.22. The molecule has 1 heterocycles. The molecule has 2 atom stereocenters. The van der Waals surface area contributed by atoms with Gasteiger partial charge in [0.25, 0.3) is 0 Å². The highest BCUT2D eigenvalue weighted by molar-refractivity contribution is 7.99. The Morgan fingerprint density at radius 2 is 2.16 bits per heavy atom. The molecule has 0 aliphatic carbocycles. The predicted molar refractivity (Wildman–Crippen MR) is 71.1 cm³/mol. The second-order valence-electron chi connectivity index (χ2n) is 4.20. The molecule has 1 aliphatic heterocycles. The van der Waals surface area contributed by atoms with Gasteiger partial charge < -0.3 is 9.53 Å². The van der Waals surface area contributed by atoms with E-state index in [1.165, 1.54) is 11.8 Å². The van der Waals surface area contributed by atoms with E-state index < -0.39 is 23.6 Å². The SMILES string of the molecule is CCOC(=O)C(=O)C1CSc2ccccc2C1C=O. The molecular weight excluding hydrogens is 264 g/mol. The van der Waals surface area contributed by atoms with Gasteiger partial charge in [-0.1, -0.05) is 18.2 Å². The third-order valence-electron chi connectivity index (χ3n) is 3.09. The van der Waals surface area contributed by atoms with Crippen molar-refractivity contribution in [2.75, 3.05) is 12.4 Å². The highest BCUT2D eigenvalue weighted by Crippen LogP contribution is 2.40. The lowest BCUT2D eigenvalue weighted by Crippen LogP contribution is -2.34. The second kappa shape index (κ2) is 6.02. The van der Waals surface area contributed by atoms with Crippen molar-refractivity contribution in [1.82, 2.24) is 0 Å². The van der Waals surface area contributed by atoms with Crippen LogP contribution in [0.5, 0.6) is 0 Å². The first-order valence-corrected chi connectivity index (χ1v) is 7.05. The normalized spacial score (nSPS) is 21.3. The number of aldehydes is 1. The molecule has 1 aliphatic rings. The van der Waals surface area contributed by atoms with Crippen molar-refractivity contribution in [3.05, 3.63) is 29.8 Å². The predicted octanol–water partition coefficient (Wildman–Crippen LogP) is 1.82. The maximum atomic E-state index is 12.0. The molecule has 0 N–H and O–H groups in total. The number of benzene rings is 1. The van der Waals surface area contributed by atoms with Gasteiger partial charge in [0.05, 0.1) is 18.4 Å². The first kappa shape index (κ1) is 13.8. The molecule has 0 bridgehead atoms. The molecule has 0 saturated carbocycles. The van der Waals surface area contributed by atoms with E-state index >= 15 is 0 Å². The van der Waals surface area contributed by atoms with E-state index in [0.29, 0.717) is 5.75 Å². The van der Waals surface area contributed by atoms with Crippen molar-refractivity contribution >= 4 is 29.8 Å². The van der Waals surface area contributed by atoms with Gasteiger partial charge in [0.15, 0.2) is 0 Å². The Bertz CT molecular complexity index is 512. The van der Waals surface area contributed by atoms with Crippen LogP contribution in [-0.2, 0) is 19.1 Å². The lowest BCUT2D eigenvalue weighted by molar-refractivity contribution is -0.155. The van der Waals surface area contributed by atoms with Crippen molar-refractivity contribution in [2.45, 2.75) is 17.7 Å². The van der Waals surface area contributed by atoms with E-state index in [1.807, 2.05) is 24.3 Å². The number of thioether (sulfide) groups is 1. The highest BCUT2D eigenvalue weighted by Gasteiger charge is 2.38. The van der Waals surface area contributed by atoms with Gasteiger partial charge in [0, 0.05) is 10.6 Å². The summed E-state index contributed by atoms with van der Waals surface area (Å²) < 4.78 is 4.72. The molecule has 1 aromatic carbocycles. The summed E-state index contributed by atoms with van der Waals surface area (Å²) in [7, 11) is 0. The molecule has 2 unspecified atom stereocenters. The summed E-state index contributed by atoms with van der Waals surface area (Å²) in [6, 6.07) is 7.46. The lowest BCUT2D eigenvalue weighted by Gasteiger charge is -2.27. The summed E-state index contributed by atoms with van der Waals surface area (Å²) in [5.41, 5.74) is 0.816. The fourth-order valence-corrected chi connectivity index (χ4v) is 3.41. The zero-order valence-electron chi connectivity index (χ0n) is 10.5. The summed E-state index contributed by atoms with van der Waals surface area (Å²) in [6.07, 6.45) is 0.750. The van der Waals surface area contributed by atoms with Crippen LogP contribution in [0.3, 0.4) is 0 Å². The number of ether oxygens (including phenoxy) is 1. The molecule has 0 saturated heterocycles. The van der Waals surface area contributed by atoms with Crippen molar-refractivity contribution < 1.29 is 19.1 Å². The number of carbonyl (C=O) groups excluding carboxylic acids is 3. The molecular formula is C14H14O4S. The van der Waals surface area contributed by atoms with Crippen LogP contribution in [0.2, 0.25) is 0 Å². The van der Waals surface area contributed by atoms with E-state index in [-0.39, 0.29) is 6.61 Å². The van der Waals surface area contributed by atoms with Crippen LogP contribution in [0.25, 0.3) is 0 Å². The Kier molecular flexibility index (Phi) is 4.37. The number of rotatable bonds is 4. The second-order valence-corrected chi connectivity index (χ2v) is 5.26. The Morgan fingerprint density at radius 3 is 2.84 bits per heavy atom. The minimum Gasteiger partial charge on any atom is -0.460 e. The maximum absolute atomic E-state index is 12.0. The van der Waals surface area contributed by atoms with Gasteiger partial charge in [-0.3, -0.25) is 4.79 Å². The maximum Gasteiger partial charge on any atom is 0.374 e. The summed E-state index contributed by atoms with van der Waals surface area (Å²) in [5, 5.41) is 0. The fraction of sp³-hybridized carbons (Fsp3) is 0.357. The molecule has 5 heteroatoms. The van der Waals surface area contributed by atoms with E-state index in [0.717, 1.165) is 16.7 Å². The summed E-state index contributed by atoms with van der Waals surface area (Å²) in [4.78, 5) is 35.8. The number of ketones is 1. The average molecular weight is 278 g/mol. The minimum absolute atomic E-state index is 0.160. The number of hydrogen-bond acceptors (Lipinski definition) is 5. The van der Waals surface area contributed by atoms with Crippen LogP contribution in [-0.4, -0.2) is 30.4 Å². The minimum atomic E-state index is -0.848. The zero-order valence-corrected chi connectivity index (χ0v) is 11.3. The third-order valence-corrected chi connectivity index (χ3v) is 4.30. The van der Waals surface area contributed by atoms with Crippen molar-refractivity contribution in [1.29, 1.82) is 0 Å². The molecule has 0 amide bonds. The Balaban J connectivity index is 2.27. The quantitative estimate of drug-likeness (QED) is 0.477. The Morgan fingerprint density at radius 1 is 1.42 bits per heavy atom. The summed E-state index contributed by atoms with van der Waals surface area (Å²) in [6.45, 7) is 1.81. The van der Waals surface area contributed by atoms with Gasteiger partial charge in [0.1, 0.15) is 6.29 Å². The first-order chi connectivity index (χ1) is 9.19. The Labute approximate surface area is 115 Å². The number of hydrogen-bond donors (Lipinski definition) is 0. The topological polar surface area (TPSA) is 60.4 Å². The molecule has 4 nitrogen and oxygen atoms in total. The molecule has 2 rings (SSSR count). The average Bonchev–Trinajstić information content (AvgIpc) is 2.45. The van der Waals surface area contributed by atoms with Gasteiger partial charge in [0.2, 0.25) is 5.78 Å². The number of fused-ring (bicyclic) bond motifs is 1. The molecule has 19 heavy (non-hydrogen) atoms. The first-order valence-electron chi connectivity index (χ1n) is 6.07. The molecule has 0 fully saturated rings. The van der Waals surface area contributed by atoms with Crippen LogP contribution >= 0.6 is 11.8 Å². The van der Waals surface area contributed by atoms with Crippen molar-refractivity contribution in [3.63, 3.8) is 0 Å². The van der Waals surface area contributed by atoms with Crippen molar-refractivity contribution in [3.8, 4) is 0 Å². The van der Waals surface area contributed by atoms with Gasteiger partial charge >= 0.3 is 5.97 Å². The smallest absolute Gasteiger partial charge is 0.374 e. The van der Waals surface area contributed by atoms with Crippen LogP contribution in [0.15, 0.2) is 29.2 Å². The van der Waals surface area contributed by atoms with Crippen LogP contribution in [0.1, 0.15) is 18.4 Å². The van der Waals surface area contributed by atoms with Crippen molar-refractivity contribution in [2.24, 2.45) is 5.92 Å². The monoisotopic (exact) mass is 278 g/mol. The number of carbonyl (C=O) groups is 3. The van der Waals surface area contributed by atoms with E-state index in [4.69, 9.17) is 4.74 Å². The molecule has 0 spiro atoms. The van der Waals surface area contributed by atoms with Gasteiger partial charge in [-0.05, 0) is 18.6 Å². The van der Waals surface area contributed by atoms with Gasteiger partial charge in [-0.25, -0.2) is 4.79 Å². The Hall–Kier alpha value is -1.62. The fourth-order valence-electron chi connectivity index (χ4n) is 2.15. The number of esters is 1. The molecule has 1 aromatic rings. The highest BCUT2D eigenvalue weighted by atomic mass is 32.2. The van der Waals surface area contributed by atoms with E-state index in [1.54, 1.807) is 6.92 Å². The largest absolute Gasteiger partial charge is 0.460 e. The van der Waals surface area contributed by atoms with E-state index in [9.17, 15) is 14.4 Å². The van der Waals surface area contributed by atoms with Crippen LogP contribution in [0.4, 0.5) is 0 Å². The van der Waals surface area contributed by atoms with Gasteiger partial charge in [-0.2, -0.15) is 0 Å². The van der Waals surface area contributed by atoms with E-state index in [2.05, 4.69) is 0 Å². The standard InChI is InChI=1S/C14H14O4S/c1-2-18-14(17)13(16)11-8-19-12-6-4-3-5-9(12)10(11)7-15/h3-7,10-11H,2,8H2,1H3. The zero-order chi connectivity index (χ0) is 13.8.